The molecular weight excluding hydrogens is 389 g/mol. The number of carbonyl (C=O) groups excluding carboxylic acids is 2. The molecule has 0 saturated heterocycles. The number of anilines is 2. The number of hydrogen-bond donors (Lipinski definition) is 4. The van der Waals surface area contributed by atoms with E-state index in [-0.39, 0.29) is 18.4 Å². The summed E-state index contributed by atoms with van der Waals surface area (Å²) >= 11 is 12.2. The highest BCUT2D eigenvalue weighted by molar-refractivity contribution is 6.36. The summed E-state index contributed by atoms with van der Waals surface area (Å²) in [6, 6.07) is 9.18. The van der Waals surface area contributed by atoms with Crippen LogP contribution in [0.4, 0.5) is 11.4 Å². The van der Waals surface area contributed by atoms with E-state index in [1.807, 2.05) is 0 Å². The lowest BCUT2D eigenvalue weighted by Gasteiger charge is -2.34. The number of nitrogens with one attached hydrogen (secondary N) is 3. The fourth-order valence-electron chi connectivity index (χ4n) is 2.81. The van der Waals surface area contributed by atoms with Crippen LogP contribution in [0.25, 0.3) is 0 Å². The van der Waals surface area contributed by atoms with Crippen molar-refractivity contribution in [3.8, 4) is 0 Å². The summed E-state index contributed by atoms with van der Waals surface area (Å²) < 4.78 is 0. The number of halogens is 2. The molecule has 2 aromatic rings. The van der Waals surface area contributed by atoms with E-state index in [0.717, 1.165) is 0 Å². The second-order valence-electron chi connectivity index (χ2n) is 6.86. The number of aliphatic hydroxyl groups is 1. The van der Waals surface area contributed by atoms with Gasteiger partial charge in [-0.3, -0.25) is 9.59 Å². The topological polar surface area (TPSA) is 90.5 Å². The number of benzene rings is 2. The third-order valence-electron chi connectivity index (χ3n) is 4.30. The maximum absolute atomic E-state index is 12.5. The summed E-state index contributed by atoms with van der Waals surface area (Å²) in [5.41, 5.74) is 0.881. The van der Waals surface area contributed by atoms with Gasteiger partial charge in [-0.15, -0.1) is 0 Å². The van der Waals surface area contributed by atoms with Crippen LogP contribution in [0.15, 0.2) is 36.4 Å². The van der Waals surface area contributed by atoms with E-state index >= 15 is 0 Å². The van der Waals surface area contributed by atoms with Gasteiger partial charge in [0.25, 0.3) is 5.91 Å². The van der Waals surface area contributed by atoms with Crippen molar-refractivity contribution in [3.63, 3.8) is 0 Å². The van der Waals surface area contributed by atoms with Gasteiger partial charge in [0.05, 0.1) is 17.0 Å². The molecule has 1 aliphatic heterocycles. The fourth-order valence-corrected chi connectivity index (χ4v) is 3.34. The van der Waals surface area contributed by atoms with Crippen LogP contribution < -0.4 is 16.0 Å². The van der Waals surface area contributed by atoms with Gasteiger partial charge >= 0.3 is 0 Å². The molecule has 0 aliphatic carbocycles. The summed E-state index contributed by atoms with van der Waals surface area (Å²) in [4.78, 5) is 24.6. The van der Waals surface area contributed by atoms with E-state index in [1.165, 1.54) is 0 Å². The summed E-state index contributed by atoms with van der Waals surface area (Å²) in [5, 5.41) is 19.6. The molecule has 0 bridgehead atoms. The summed E-state index contributed by atoms with van der Waals surface area (Å²) in [6.07, 6.45) is 0. The van der Waals surface area contributed by atoms with E-state index in [0.29, 0.717) is 32.5 Å². The second-order valence-corrected chi connectivity index (χ2v) is 7.68. The minimum atomic E-state index is -1.26. The van der Waals surface area contributed by atoms with Crippen LogP contribution in [0.1, 0.15) is 29.8 Å². The number of hydrogen-bond acceptors (Lipinski definition) is 4. The van der Waals surface area contributed by atoms with Crippen LogP contribution in [-0.4, -0.2) is 28.6 Å². The van der Waals surface area contributed by atoms with Crippen molar-refractivity contribution in [1.82, 2.24) is 5.32 Å². The molecule has 6 nitrogen and oxygen atoms in total. The predicted octanol–water partition coefficient (Wildman–Crippen LogP) is 3.43. The minimum Gasteiger partial charge on any atom is -0.388 e. The Bertz CT molecular complexity index is 889. The molecule has 2 aromatic carbocycles. The van der Waals surface area contributed by atoms with E-state index in [9.17, 15) is 14.7 Å². The molecule has 0 unspecified atom stereocenters. The molecule has 142 valence electrons. The molecule has 27 heavy (non-hydrogen) atoms. The van der Waals surface area contributed by atoms with Crippen LogP contribution in [0.5, 0.6) is 0 Å². The van der Waals surface area contributed by atoms with Crippen LogP contribution in [0, 0.1) is 0 Å². The van der Waals surface area contributed by atoms with Gasteiger partial charge in [0.2, 0.25) is 5.91 Å². The third-order valence-corrected chi connectivity index (χ3v) is 5.00. The number of rotatable bonds is 4. The largest absolute Gasteiger partial charge is 0.388 e. The highest BCUT2D eigenvalue weighted by Gasteiger charge is 2.37. The maximum Gasteiger partial charge on any atom is 0.251 e. The molecule has 0 fully saturated rings. The van der Waals surface area contributed by atoms with Crippen molar-refractivity contribution >= 4 is 46.4 Å². The Morgan fingerprint density at radius 2 is 1.85 bits per heavy atom. The molecule has 0 spiro atoms. The van der Waals surface area contributed by atoms with Crippen molar-refractivity contribution in [2.24, 2.45) is 0 Å². The van der Waals surface area contributed by atoms with E-state index in [4.69, 9.17) is 23.2 Å². The molecule has 0 radical (unpaired) electrons. The normalized spacial score (nSPS) is 16.2. The smallest absolute Gasteiger partial charge is 0.251 e. The number of amides is 2. The minimum absolute atomic E-state index is 0.185. The van der Waals surface area contributed by atoms with Gasteiger partial charge in [0, 0.05) is 27.7 Å². The van der Waals surface area contributed by atoms with Crippen molar-refractivity contribution in [3.05, 3.63) is 57.6 Å². The molecule has 4 N–H and O–H groups in total. The highest BCUT2D eigenvalue weighted by atomic mass is 35.5. The molecule has 2 amide bonds. The maximum atomic E-state index is 12.5. The van der Waals surface area contributed by atoms with Crippen molar-refractivity contribution < 1.29 is 14.7 Å². The van der Waals surface area contributed by atoms with Crippen molar-refractivity contribution in [2.75, 3.05) is 10.6 Å². The van der Waals surface area contributed by atoms with Gasteiger partial charge in [0.15, 0.2) is 0 Å². The average Bonchev–Trinajstić information content (AvgIpc) is 2.59. The lowest BCUT2D eigenvalue weighted by atomic mass is 9.95. The third kappa shape index (κ3) is 4.18. The Balaban J connectivity index is 1.77. The molecule has 1 aliphatic rings. The molecule has 8 heteroatoms. The van der Waals surface area contributed by atoms with E-state index in [1.54, 1.807) is 50.2 Å². The average molecular weight is 408 g/mol. The lowest BCUT2D eigenvalue weighted by molar-refractivity contribution is -0.121. The first-order valence-corrected chi connectivity index (χ1v) is 9.07. The molecule has 1 atom stereocenters. The highest BCUT2D eigenvalue weighted by Crippen LogP contribution is 2.31. The van der Waals surface area contributed by atoms with Gasteiger partial charge < -0.3 is 21.1 Å². The standard InChI is InChI=1S/C19H19Cl2N3O3/c1-19(2,27)16-18(26)24-14-7-6-10(8-15(14)23-16)17(25)22-9-11-12(20)4-3-5-13(11)21/h3-8,16,23,27H,9H2,1-2H3,(H,22,25)(H,24,26)/t16-/m1/s1. The fraction of sp³-hybridized carbons (Fsp3) is 0.263. The van der Waals surface area contributed by atoms with Crippen LogP contribution in [0.2, 0.25) is 10.0 Å². The summed E-state index contributed by atoms with van der Waals surface area (Å²) in [6.45, 7) is 3.27. The zero-order chi connectivity index (χ0) is 19.8. The van der Waals surface area contributed by atoms with Gasteiger partial charge in [-0.2, -0.15) is 0 Å². The zero-order valence-corrected chi connectivity index (χ0v) is 16.3. The molecule has 0 aromatic heterocycles. The Labute approximate surface area is 166 Å². The zero-order valence-electron chi connectivity index (χ0n) is 14.8. The summed E-state index contributed by atoms with van der Waals surface area (Å²) in [7, 11) is 0. The van der Waals surface area contributed by atoms with Crippen LogP contribution in [-0.2, 0) is 11.3 Å². The first kappa shape index (κ1) is 19.5. The Kier molecular flexibility index (Phi) is 5.33. The molecular formula is C19H19Cl2N3O3. The van der Waals surface area contributed by atoms with Gasteiger partial charge in [-0.1, -0.05) is 29.3 Å². The Hall–Kier alpha value is -2.28. The predicted molar refractivity (Wildman–Crippen MR) is 106 cm³/mol. The monoisotopic (exact) mass is 407 g/mol. The SMILES string of the molecule is CC(C)(O)[C@@H]1Nc2cc(C(=O)NCc3c(Cl)cccc3Cl)ccc2NC1=O. The van der Waals surface area contributed by atoms with Crippen LogP contribution >= 0.6 is 23.2 Å². The van der Waals surface area contributed by atoms with Gasteiger partial charge in [0.1, 0.15) is 6.04 Å². The number of fused-ring (bicyclic) bond motifs is 1. The van der Waals surface area contributed by atoms with E-state index < -0.39 is 11.6 Å². The second kappa shape index (κ2) is 7.38. The molecule has 3 rings (SSSR count). The van der Waals surface area contributed by atoms with Crippen LogP contribution in [0.3, 0.4) is 0 Å². The quantitative estimate of drug-likeness (QED) is 0.624. The molecule has 1 heterocycles. The first-order valence-electron chi connectivity index (χ1n) is 8.32. The van der Waals surface area contributed by atoms with Gasteiger partial charge in [-0.25, -0.2) is 0 Å². The van der Waals surface area contributed by atoms with Gasteiger partial charge in [-0.05, 0) is 44.2 Å². The molecule has 0 saturated carbocycles. The van der Waals surface area contributed by atoms with Crippen molar-refractivity contribution in [1.29, 1.82) is 0 Å². The van der Waals surface area contributed by atoms with E-state index in [2.05, 4.69) is 16.0 Å². The first-order chi connectivity index (χ1) is 12.7. The number of carbonyl (C=O) groups is 2. The summed E-state index contributed by atoms with van der Waals surface area (Å²) in [5.74, 6) is -0.646. The van der Waals surface area contributed by atoms with Crippen molar-refractivity contribution in [2.45, 2.75) is 32.0 Å². The lowest BCUT2D eigenvalue weighted by Crippen LogP contribution is -2.52. The Morgan fingerprint density at radius 3 is 2.48 bits per heavy atom. The Morgan fingerprint density at radius 1 is 1.19 bits per heavy atom.